The Hall–Kier alpha value is -3.06. The Labute approximate surface area is 175 Å². The van der Waals surface area contributed by atoms with Gasteiger partial charge in [0.15, 0.2) is 5.69 Å². The molecule has 2 heterocycles. The number of hydrogen-bond acceptors (Lipinski definition) is 4. The molecule has 2 N–H and O–H groups in total. The molecule has 1 aliphatic rings. The van der Waals surface area contributed by atoms with Crippen molar-refractivity contribution in [3.63, 3.8) is 0 Å². The van der Waals surface area contributed by atoms with Gasteiger partial charge >= 0.3 is 0 Å². The molecule has 0 spiro atoms. The van der Waals surface area contributed by atoms with Crippen molar-refractivity contribution >= 4 is 5.91 Å². The number of nitrogens with one attached hydrogen (secondary N) is 2. The molecule has 7 heteroatoms. The van der Waals surface area contributed by atoms with Crippen molar-refractivity contribution in [2.24, 2.45) is 7.05 Å². The van der Waals surface area contributed by atoms with Crippen molar-refractivity contribution in [1.29, 1.82) is 0 Å². The molecular formula is C23H26FN5O. The topological polar surface area (TPSA) is 71.8 Å². The van der Waals surface area contributed by atoms with Crippen molar-refractivity contribution in [2.75, 3.05) is 6.54 Å². The van der Waals surface area contributed by atoms with Crippen LogP contribution >= 0.6 is 0 Å². The molecule has 30 heavy (non-hydrogen) atoms. The largest absolute Gasteiger partial charge is 0.347 e. The minimum Gasteiger partial charge on any atom is -0.347 e. The molecule has 1 amide bonds. The number of fused-ring (bicyclic) bond motifs is 1. The summed E-state index contributed by atoms with van der Waals surface area (Å²) < 4.78 is 14.9. The molecule has 6 nitrogen and oxygen atoms in total. The summed E-state index contributed by atoms with van der Waals surface area (Å²) in [6.45, 7) is 1.19. The first-order valence-electron chi connectivity index (χ1n) is 10.3. The van der Waals surface area contributed by atoms with Crippen LogP contribution in [0.25, 0.3) is 0 Å². The van der Waals surface area contributed by atoms with E-state index in [0.717, 1.165) is 54.7 Å². The van der Waals surface area contributed by atoms with E-state index in [2.05, 4.69) is 20.7 Å². The Morgan fingerprint density at radius 1 is 1.23 bits per heavy atom. The van der Waals surface area contributed by atoms with Gasteiger partial charge in [-0.05, 0) is 49.1 Å². The number of hydrogen-bond donors (Lipinski definition) is 2. The third-order valence-corrected chi connectivity index (χ3v) is 5.58. The minimum absolute atomic E-state index is 0.190. The zero-order chi connectivity index (χ0) is 20.9. The second kappa shape index (κ2) is 9.17. The van der Waals surface area contributed by atoms with Crippen molar-refractivity contribution in [3.8, 4) is 0 Å². The Kier molecular flexibility index (Phi) is 6.18. The number of aryl methyl sites for hydroxylation is 1. The summed E-state index contributed by atoms with van der Waals surface area (Å²) in [7, 11) is 1.89. The molecule has 1 unspecified atom stereocenters. The molecule has 0 radical (unpaired) electrons. The third kappa shape index (κ3) is 4.74. The highest BCUT2D eigenvalue weighted by molar-refractivity contribution is 5.94. The van der Waals surface area contributed by atoms with Gasteiger partial charge in [0.2, 0.25) is 0 Å². The highest BCUT2D eigenvalue weighted by Crippen LogP contribution is 2.24. The lowest BCUT2D eigenvalue weighted by Crippen LogP contribution is -2.36. The number of rotatable bonds is 7. The van der Waals surface area contributed by atoms with E-state index in [0.29, 0.717) is 18.3 Å². The first kappa shape index (κ1) is 20.2. The number of nitrogens with zero attached hydrogens (tertiary/aromatic N) is 3. The van der Waals surface area contributed by atoms with Crippen LogP contribution in [0.2, 0.25) is 0 Å². The molecule has 0 fully saturated rings. The maximum absolute atomic E-state index is 13.1. The van der Waals surface area contributed by atoms with E-state index in [1.54, 1.807) is 12.1 Å². The minimum atomic E-state index is -0.287. The predicted octanol–water partition coefficient (Wildman–Crippen LogP) is 2.57. The van der Waals surface area contributed by atoms with Gasteiger partial charge in [0.25, 0.3) is 5.91 Å². The lowest BCUT2D eigenvalue weighted by molar-refractivity contribution is 0.0944. The number of benzene rings is 1. The smallest absolute Gasteiger partial charge is 0.272 e. The molecule has 0 aliphatic heterocycles. The summed E-state index contributed by atoms with van der Waals surface area (Å²) in [5, 5.41) is 11.0. The number of halogens is 1. The number of aromatic nitrogens is 3. The van der Waals surface area contributed by atoms with Gasteiger partial charge in [-0.3, -0.25) is 14.5 Å². The summed E-state index contributed by atoms with van der Waals surface area (Å²) in [4.78, 5) is 17.1. The molecule has 1 aliphatic carbocycles. The van der Waals surface area contributed by atoms with Crippen LogP contribution in [0.5, 0.6) is 0 Å². The van der Waals surface area contributed by atoms with E-state index >= 15 is 0 Å². The highest BCUT2D eigenvalue weighted by atomic mass is 19.1. The first-order valence-corrected chi connectivity index (χ1v) is 10.3. The van der Waals surface area contributed by atoms with Gasteiger partial charge in [0.1, 0.15) is 5.82 Å². The normalized spacial score (nSPS) is 15.6. The van der Waals surface area contributed by atoms with Gasteiger partial charge in [0.05, 0.1) is 0 Å². The lowest BCUT2D eigenvalue weighted by atomic mass is 9.91. The maximum atomic E-state index is 13.1. The van der Waals surface area contributed by atoms with E-state index in [-0.39, 0.29) is 11.7 Å². The van der Waals surface area contributed by atoms with Crippen LogP contribution in [0.4, 0.5) is 4.39 Å². The van der Waals surface area contributed by atoms with Crippen LogP contribution in [0.1, 0.15) is 39.4 Å². The molecule has 1 atom stereocenters. The molecule has 0 saturated carbocycles. The fraction of sp³-hybridized carbons (Fsp3) is 0.348. The van der Waals surface area contributed by atoms with Crippen LogP contribution in [0, 0.1) is 5.82 Å². The summed E-state index contributed by atoms with van der Waals surface area (Å²) in [6.07, 6.45) is 5.39. The second-order valence-corrected chi connectivity index (χ2v) is 7.67. The van der Waals surface area contributed by atoms with Crippen molar-refractivity contribution in [2.45, 2.75) is 38.3 Å². The van der Waals surface area contributed by atoms with Crippen molar-refractivity contribution in [3.05, 3.63) is 82.7 Å². The van der Waals surface area contributed by atoms with Gasteiger partial charge in [0, 0.05) is 55.7 Å². The number of amides is 1. The zero-order valence-electron chi connectivity index (χ0n) is 17.1. The molecule has 156 valence electrons. The zero-order valence-corrected chi connectivity index (χ0v) is 17.1. The Balaban J connectivity index is 1.37. The first-order chi connectivity index (χ1) is 14.6. The van der Waals surface area contributed by atoms with Crippen LogP contribution < -0.4 is 10.6 Å². The number of carbonyl (C=O) groups is 1. The SMILES string of the molecule is Cn1nc(C(=O)NCc2ccc(F)cc2)c2c1CCC(NCCc1ccccn1)C2. The number of pyridine rings is 1. The molecule has 0 saturated heterocycles. The summed E-state index contributed by atoms with van der Waals surface area (Å²) >= 11 is 0. The van der Waals surface area contributed by atoms with Gasteiger partial charge in [-0.25, -0.2) is 4.39 Å². The van der Waals surface area contributed by atoms with E-state index < -0.39 is 0 Å². The van der Waals surface area contributed by atoms with Crippen molar-refractivity contribution < 1.29 is 9.18 Å². The maximum Gasteiger partial charge on any atom is 0.272 e. The molecule has 2 aromatic heterocycles. The van der Waals surface area contributed by atoms with Crippen LogP contribution in [-0.4, -0.2) is 33.3 Å². The second-order valence-electron chi connectivity index (χ2n) is 7.67. The molecular weight excluding hydrogens is 381 g/mol. The molecule has 4 rings (SSSR count). The highest BCUT2D eigenvalue weighted by Gasteiger charge is 2.28. The van der Waals surface area contributed by atoms with E-state index in [9.17, 15) is 9.18 Å². The fourth-order valence-electron chi connectivity index (χ4n) is 3.96. The average molecular weight is 407 g/mol. The fourth-order valence-corrected chi connectivity index (χ4v) is 3.96. The Bertz CT molecular complexity index is 1000. The molecule has 0 bridgehead atoms. The van der Waals surface area contributed by atoms with Gasteiger partial charge < -0.3 is 10.6 Å². The van der Waals surface area contributed by atoms with E-state index in [1.807, 2.05) is 36.1 Å². The van der Waals surface area contributed by atoms with Crippen LogP contribution in [0.15, 0.2) is 48.7 Å². The van der Waals surface area contributed by atoms with Gasteiger partial charge in [-0.1, -0.05) is 18.2 Å². The lowest BCUT2D eigenvalue weighted by Gasteiger charge is -2.24. The van der Waals surface area contributed by atoms with Crippen molar-refractivity contribution in [1.82, 2.24) is 25.4 Å². The third-order valence-electron chi connectivity index (χ3n) is 5.58. The standard InChI is InChI=1S/C23H26FN5O/c1-29-21-10-9-19(26-13-11-18-4-2-3-12-25-18)14-20(21)22(28-29)23(30)27-15-16-5-7-17(24)8-6-16/h2-8,12,19,26H,9-11,13-15H2,1H3,(H,27,30). The Morgan fingerprint density at radius 3 is 2.83 bits per heavy atom. The van der Waals surface area contributed by atoms with E-state index in [4.69, 9.17) is 0 Å². The summed E-state index contributed by atoms with van der Waals surface area (Å²) in [5.74, 6) is -0.476. The van der Waals surface area contributed by atoms with Gasteiger partial charge in [-0.2, -0.15) is 5.10 Å². The molecule has 1 aromatic carbocycles. The van der Waals surface area contributed by atoms with Crippen LogP contribution in [-0.2, 0) is 32.9 Å². The van der Waals surface area contributed by atoms with Crippen LogP contribution in [0.3, 0.4) is 0 Å². The summed E-state index contributed by atoms with van der Waals surface area (Å²) in [6, 6.07) is 12.4. The average Bonchev–Trinajstić information content (AvgIpc) is 3.10. The van der Waals surface area contributed by atoms with E-state index in [1.165, 1.54) is 12.1 Å². The molecule has 3 aromatic rings. The number of carbonyl (C=O) groups excluding carboxylic acids is 1. The Morgan fingerprint density at radius 2 is 2.07 bits per heavy atom. The monoisotopic (exact) mass is 407 g/mol. The van der Waals surface area contributed by atoms with Gasteiger partial charge in [-0.15, -0.1) is 0 Å². The quantitative estimate of drug-likeness (QED) is 0.632. The summed E-state index contributed by atoms with van der Waals surface area (Å²) in [5.41, 5.74) is 4.57. The predicted molar refractivity (Wildman–Crippen MR) is 113 cm³/mol.